The van der Waals surface area contributed by atoms with Crippen LogP contribution in [0.25, 0.3) is 0 Å². The van der Waals surface area contributed by atoms with Crippen molar-refractivity contribution >= 4 is 9.76 Å². The van der Waals surface area contributed by atoms with E-state index in [1.807, 2.05) is 20.8 Å². The average molecular weight is 128 g/mol. The highest BCUT2D eigenvalue weighted by atomic mass is 28.2. The summed E-state index contributed by atoms with van der Waals surface area (Å²) >= 11 is 0. The van der Waals surface area contributed by atoms with E-state index in [1.165, 1.54) is 0 Å². The van der Waals surface area contributed by atoms with Gasteiger partial charge in [0.2, 0.25) is 9.76 Å². The third kappa shape index (κ3) is 5.74. The van der Waals surface area contributed by atoms with E-state index in [-0.39, 0.29) is 0 Å². The maximum atomic E-state index is 5.25. The molecule has 0 spiro atoms. The van der Waals surface area contributed by atoms with Gasteiger partial charge in [-0.15, -0.1) is 11.5 Å². The third-order valence-corrected chi connectivity index (χ3v) is 2.00. The highest BCUT2D eigenvalue weighted by molar-refractivity contribution is 6.38. The maximum Gasteiger partial charge on any atom is 0.241 e. The van der Waals surface area contributed by atoms with Crippen LogP contribution in [-0.2, 0) is 4.43 Å². The summed E-state index contributed by atoms with van der Waals surface area (Å²) in [6.45, 7) is 5.91. The highest BCUT2D eigenvalue weighted by Crippen LogP contribution is 1.81. The zero-order chi connectivity index (χ0) is 6.41. The Morgan fingerprint density at radius 1 is 1.50 bits per heavy atom. The number of rotatable bonds is 2. The number of hydrogen-bond donors (Lipinski definition) is 0. The summed E-state index contributed by atoms with van der Waals surface area (Å²) < 4.78 is 5.25. The minimum Gasteiger partial charge on any atom is -0.409 e. The molecular weight excluding hydrogens is 116 g/mol. The van der Waals surface area contributed by atoms with E-state index in [1.54, 1.807) is 0 Å². The lowest BCUT2D eigenvalue weighted by Gasteiger charge is -2.00. The van der Waals surface area contributed by atoms with Crippen molar-refractivity contribution in [3.8, 4) is 11.5 Å². The predicted octanol–water partition coefficient (Wildman–Crippen LogP) is 0.476. The zero-order valence-corrected chi connectivity index (χ0v) is 7.11. The summed E-state index contributed by atoms with van der Waals surface area (Å²) in [6.07, 6.45) is 0.363. The van der Waals surface area contributed by atoms with Crippen molar-refractivity contribution in [2.75, 3.05) is 0 Å². The molecule has 0 saturated carbocycles. The van der Waals surface area contributed by atoms with Gasteiger partial charge in [-0.1, -0.05) is 0 Å². The lowest BCUT2D eigenvalue weighted by Crippen LogP contribution is -2.04. The summed E-state index contributed by atoms with van der Waals surface area (Å²) in [7, 11) is -0.497. The van der Waals surface area contributed by atoms with Gasteiger partial charge in [0.25, 0.3) is 0 Å². The molecule has 0 fully saturated rings. The summed E-state index contributed by atoms with van der Waals surface area (Å²) in [6, 6.07) is 0. The van der Waals surface area contributed by atoms with E-state index in [9.17, 15) is 0 Å². The zero-order valence-electron chi connectivity index (χ0n) is 5.69. The molecule has 46 valence electrons. The van der Waals surface area contributed by atoms with Crippen LogP contribution in [0, 0.1) is 11.5 Å². The first kappa shape index (κ1) is 7.74. The summed E-state index contributed by atoms with van der Waals surface area (Å²) in [4.78, 5) is 0. The Hall–Kier alpha value is -0.263. The van der Waals surface area contributed by atoms with Crippen molar-refractivity contribution in [2.45, 2.75) is 26.9 Å². The van der Waals surface area contributed by atoms with Gasteiger partial charge in [-0.2, -0.15) is 0 Å². The molecule has 0 aliphatic rings. The van der Waals surface area contributed by atoms with Gasteiger partial charge in [0.1, 0.15) is 0 Å². The molecule has 0 atom stereocenters. The standard InChI is InChI=1S/C6H12OSi/c1-4-5-8-7-6(2)3/h6H,8H2,1-3H3. The third-order valence-electron chi connectivity index (χ3n) is 0.666. The van der Waals surface area contributed by atoms with E-state index >= 15 is 0 Å². The molecule has 0 heterocycles. The largest absolute Gasteiger partial charge is 0.409 e. The van der Waals surface area contributed by atoms with Crippen molar-refractivity contribution in [1.82, 2.24) is 0 Å². The van der Waals surface area contributed by atoms with Crippen LogP contribution in [0.15, 0.2) is 0 Å². The van der Waals surface area contributed by atoms with Crippen LogP contribution in [0.5, 0.6) is 0 Å². The summed E-state index contributed by atoms with van der Waals surface area (Å²) in [5.41, 5.74) is 2.95. The first-order chi connectivity index (χ1) is 3.77. The molecule has 0 amide bonds. The van der Waals surface area contributed by atoms with Gasteiger partial charge in [0, 0.05) is 6.10 Å². The summed E-state index contributed by atoms with van der Waals surface area (Å²) in [5.74, 6) is 2.81. The van der Waals surface area contributed by atoms with Gasteiger partial charge in [0.05, 0.1) is 0 Å². The molecule has 0 aromatic rings. The normalized spacial score (nSPS) is 10.0. The predicted molar refractivity (Wildman–Crippen MR) is 38.2 cm³/mol. The Morgan fingerprint density at radius 2 is 2.12 bits per heavy atom. The van der Waals surface area contributed by atoms with Crippen LogP contribution in [0.1, 0.15) is 20.8 Å². The van der Waals surface area contributed by atoms with Crippen molar-refractivity contribution < 1.29 is 4.43 Å². The second-order valence-corrected chi connectivity index (χ2v) is 2.76. The molecule has 0 aliphatic carbocycles. The number of hydrogen-bond acceptors (Lipinski definition) is 1. The van der Waals surface area contributed by atoms with Gasteiger partial charge in [0.15, 0.2) is 0 Å². The van der Waals surface area contributed by atoms with Gasteiger partial charge >= 0.3 is 0 Å². The highest BCUT2D eigenvalue weighted by Gasteiger charge is 1.86. The van der Waals surface area contributed by atoms with E-state index in [4.69, 9.17) is 4.43 Å². The SMILES string of the molecule is CC#C[SiH2]OC(C)C. The van der Waals surface area contributed by atoms with Crippen molar-refractivity contribution in [2.24, 2.45) is 0 Å². The van der Waals surface area contributed by atoms with E-state index in [0.717, 1.165) is 0 Å². The van der Waals surface area contributed by atoms with Crippen LogP contribution in [-0.4, -0.2) is 15.9 Å². The van der Waals surface area contributed by atoms with Gasteiger partial charge in [-0.25, -0.2) is 0 Å². The molecule has 0 rings (SSSR count). The molecule has 2 heteroatoms. The van der Waals surface area contributed by atoms with Gasteiger partial charge in [-0.3, -0.25) is 0 Å². The fraction of sp³-hybridized carbons (Fsp3) is 0.667. The quantitative estimate of drug-likeness (QED) is 0.388. The Bertz CT molecular complexity index is 98.8. The summed E-state index contributed by atoms with van der Waals surface area (Å²) in [5, 5.41) is 0. The molecule has 0 radical (unpaired) electrons. The van der Waals surface area contributed by atoms with Crippen LogP contribution < -0.4 is 0 Å². The second kappa shape index (κ2) is 4.89. The Morgan fingerprint density at radius 3 is 2.50 bits per heavy atom. The molecule has 0 aromatic carbocycles. The topological polar surface area (TPSA) is 9.23 Å². The monoisotopic (exact) mass is 128 g/mol. The maximum absolute atomic E-state index is 5.25. The van der Waals surface area contributed by atoms with E-state index in [2.05, 4.69) is 11.5 Å². The molecule has 0 saturated heterocycles. The molecule has 0 bridgehead atoms. The van der Waals surface area contributed by atoms with Gasteiger partial charge in [-0.05, 0) is 20.8 Å². The lowest BCUT2D eigenvalue weighted by molar-refractivity contribution is 0.261. The molecule has 0 N–H and O–H groups in total. The Kier molecular flexibility index (Phi) is 4.72. The Labute approximate surface area is 53.4 Å². The lowest BCUT2D eigenvalue weighted by atomic mass is 10.5. The molecule has 0 aromatic heterocycles. The second-order valence-electron chi connectivity index (χ2n) is 1.79. The van der Waals surface area contributed by atoms with Crippen molar-refractivity contribution in [3.63, 3.8) is 0 Å². The molecule has 8 heavy (non-hydrogen) atoms. The van der Waals surface area contributed by atoms with Crippen LogP contribution in [0.2, 0.25) is 0 Å². The van der Waals surface area contributed by atoms with Crippen LogP contribution in [0.3, 0.4) is 0 Å². The fourth-order valence-electron chi connectivity index (χ4n) is 0.281. The fourth-order valence-corrected chi connectivity index (χ4v) is 0.842. The van der Waals surface area contributed by atoms with Crippen molar-refractivity contribution in [1.29, 1.82) is 0 Å². The van der Waals surface area contributed by atoms with Crippen LogP contribution in [0.4, 0.5) is 0 Å². The first-order valence-corrected chi connectivity index (χ1v) is 4.07. The average Bonchev–Trinajstić information content (AvgIpc) is 1.66. The van der Waals surface area contributed by atoms with Gasteiger partial charge < -0.3 is 4.43 Å². The molecule has 0 aliphatic heterocycles. The van der Waals surface area contributed by atoms with Crippen molar-refractivity contribution in [3.05, 3.63) is 0 Å². The minimum atomic E-state index is -0.497. The van der Waals surface area contributed by atoms with E-state index in [0.29, 0.717) is 6.10 Å². The smallest absolute Gasteiger partial charge is 0.241 e. The first-order valence-electron chi connectivity index (χ1n) is 2.78. The Balaban J connectivity index is 3.01. The molecular formula is C6H12OSi. The minimum absolute atomic E-state index is 0.363. The van der Waals surface area contributed by atoms with Crippen LogP contribution >= 0.6 is 0 Å². The molecule has 1 nitrogen and oxygen atoms in total. The molecule has 0 unspecified atom stereocenters. The van der Waals surface area contributed by atoms with E-state index < -0.39 is 9.76 Å².